The van der Waals surface area contributed by atoms with Gasteiger partial charge in [-0.3, -0.25) is 0 Å². The minimum absolute atomic E-state index is 0.855. The SMILES string of the molecule is [K][c]1ccccc1.c1cc[c]([Ba][c]2ccccc2)cc1. The first kappa shape index (κ1) is 17.2. The first-order valence-electron chi connectivity index (χ1n) is 6.94. The molecule has 0 atom stereocenters. The van der Waals surface area contributed by atoms with E-state index in [9.17, 15) is 0 Å². The summed E-state index contributed by atoms with van der Waals surface area (Å²) in [5.74, 6) is 0. The summed E-state index contributed by atoms with van der Waals surface area (Å²) in [6, 6.07) is 32.3. The predicted octanol–water partition coefficient (Wildman–Crippen LogP) is 1.82. The molecule has 0 radical (unpaired) electrons. The summed E-state index contributed by atoms with van der Waals surface area (Å²) < 4.78 is 4.69. The molecule has 0 bridgehead atoms. The second kappa shape index (κ2) is 10.6. The molecular weight excluding hydrogens is 393 g/mol. The summed E-state index contributed by atoms with van der Waals surface area (Å²) in [7, 11) is 0. The minimum atomic E-state index is -0.992. The topological polar surface area (TPSA) is 0 Å². The quantitative estimate of drug-likeness (QED) is 0.569. The van der Waals surface area contributed by atoms with E-state index in [4.69, 9.17) is 0 Å². The zero-order valence-corrected chi connectivity index (χ0v) is 19.4. The van der Waals surface area contributed by atoms with Gasteiger partial charge < -0.3 is 0 Å². The van der Waals surface area contributed by atoms with E-state index in [-0.39, 0.29) is 0 Å². The van der Waals surface area contributed by atoms with Crippen molar-refractivity contribution in [2.45, 2.75) is 0 Å². The van der Waals surface area contributed by atoms with Gasteiger partial charge in [-0.1, -0.05) is 0 Å². The number of benzene rings is 3. The molecular formula is C18H15BaK. The first-order chi connectivity index (χ1) is 9.84. The van der Waals surface area contributed by atoms with Crippen LogP contribution in [0.5, 0.6) is 0 Å². The van der Waals surface area contributed by atoms with Crippen LogP contribution in [0.25, 0.3) is 0 Å². The van der Waals surface area contributed by atoms with Crippen molar-refractivity contribution in [3.63, 3.8) is 0 Å². The zero-order chi connectivity index (χ0) is 14.0. The monoisotopic (exact) mass is 408 g/mol. The molecule has 0 aliphatic rings. The molecule has 0 spiro atoms. The van der Waals surface area contributed by atoms with Gasteiger partial charge in [0, 0.05) is 0 Å². The molecule has 90 valence electrons. The van der Waals surface area contributed by atoms with Gasteiger partial charge in [-0.25, -0.2) is 0 Å². The number of hydrogen-bond donors (Lipinski definition) is 0. The van der Waals surface area contributed by atoms with Gasteiger partial charge in [-0.05, 0) is 0 Å². The van der Waals surface area contributed by atoms with Crippen molar-refractivity contribution in [2.75, 3.05) is 0 Å². The number of hydrogen-bond acceptors (Lipinski definition) is 0. The average Bonchev–Trinajstić information content (AvgIpc) is 2.51. The molecule has 0 aliphatic carbocycles. The van der Waals surface area contributed by atoms with Crippen molar-refractivity contribution in [3.8, 4) is 0 Å². The summed E-state index contributed by atoms with van der Waals surface area (Å²) in [5.41, 5.74) is 0. The molecule has 0 unspecified atom stereocenters. The Morgan fingerprint density at radius 2 is 0.850 bits per heavy atom. The third-order valence-electron chi connectivity index (χ3n) is 3.03. The molecule has 0 amide bonds. The van der Waals surface area contributed by atoms with Gasteiger partial charge in [0.2, 0.25) is 0 Å². The van der Waals surface area contributed by atoms with Crippen LogP contribution < -0.4 is -0.279 Å². The van der Waals surface area contributed by atoms with E-state index in [0.29, 0.717) is 0 Å². The van der Waals surface area contributed by atoms with Crippen LogP contribution in [0.1, 0.15) is 0 Å². The van der Waals surface area contributed by atoms with Crippen molar-refractivity contribution in [2.24, 2.45) is 0 Å². The Hall–Kier alpha value is 0.868. The molecule has 20 heavy (non-hydrogen) atoms. The molecule has 3 aromatic rings. The first-order valence-corrected chi connectivity index (χ1v) is 12.9. The van der Waals surface area contributed by atoms with E-state index in [1.54, 1.807) is 0.0628 Å². The fourth-order valence-electron chi connectivity index (χ4n) is 1.96. The van der Waals surface area contributed by atoms with Crippen LogP contribution in [0.15, 0.2) is 91.0 Å². The van der Waals surface area contributed by atoms with Gasteiger partial charge in [0.15, 0.2) is 0 Å². The van der Waals surface area contributed by atoms with Crippen molar-refractivity contribution in [1.29, 1.82) is 0 Å². The van der Waals surface area contributed by atoms with Gasteiger partial charge in [-0.2, -0.15) is 0 Å². The van der Waals surface area contributed by atoms with Gasteiger partial charge in [-0.15, -0.1) is 0 Å². The van der Waals surface area contributed by atoms with Gasteiger partial charge in [0.25, 0.3) is 0 Å². The van der Waals surface area contributed by atoms with E-state index >= 15 is 0 Å². The Morgan fingerprint density at radius 3 is 1.15 bits per heavy atom. The van der Waals surface area contributed by atoms with Crippen molar-refractivity contribution < 1.29 is 0 Å². The molecule has 3 aromatic carbocycles. The van der Waals surface area contributed by atoms with Crippen LogP contribution in [0.2, 0.25) is 0 Å². The Labute approximate surface area is 179 Å². The maximum absolute atomic E-state index is 2.26. The van der Waals surface area contributed by atoms with Crippen LogP contribution in [-0.4, -0.2) is 93.1 Å². The molecule has 0 saturated heterocycles. The predicted molar refractivity (Wildman–Crippen MR) is 89.7 cm³/mol. The maximum atomic E-state index is 2.26. The molecule has 0 saturated carbocycles. The summed E-state index contributed by atoms with van der Waals surface area (Å²) in [6.07, 6.45) is 0. The molecule has 2 heteroatoms. The summed E-state index contributed by atoms with van der Waals surface area (Å²) in [5, 5.41) is 0. The number of rotatable bonds is 2. The van der Waals surface area contributed by atoms with Crippen LogP contribution in [0.4, 0.5) is 0 Å². The second-order valence-corrected chi connectivity index (χ2v) is 12.8. The Balaban J connectivity index is 0.000000178. The molecule has 0 fully saturated rings. The van der Waals surface area contributed by atoms with E-state index in [1.165, 1.54) is -0.342 Å². The van der Waals surface area contributed by atoms with E-state index in [2.05, 4.69) is 91.0 Å². The van der Waals surface area contributed by atoms with Gasteiger partial charge in [0.05, 0.1) is 0 Å². The third kappa shape index (κ3) is 7.23. The summed E-state index contributed by atoms with van der Waals surface area (Å²) >= 11 is -0.137. The fraction of sp³-hybridized carbons (Fsp3) is 0. The molecule has 3 rings (SSSR count). The van der Waals surface area contributed by atoms with Crippen molar-refractivity contribution >= 4 is 92.9 Å². The zero-order valence-electron chi connectivity index (χ0n) is 11.9. The van der Waals surface area contributed by atoms with Crippen LogP contribution in [-0.2, 0) is 0 Å². The van der Waals surface area contributed by atoms with Crippen molar-refractivity contribution in [3.05, 3.63) is 91.0 Å². The van der Waals surface area contributed by atoms with Crippen LogP contribution in [0.3, 0.4) is 0 Å². The molecule has 0 heterocycles. The Morgan fingerprint density at radius 1 is 0.500 bits per heavy atom. The fourth-order valence-corrected chi connectivity index (χ4v) is 7.23. The molecule has 0 aromatic heterocycles. The third-order valence-corrected chi connectivity index (χ3v) is 9.60. The molecule has 0 N–H and O–H groups in total. The van der Waals surface area contributed by atoms with Gasteiger partial charge >= 0.3 is 184 Å². The van der Waals surface area contributed by atoms with Crippen molar-refractivity contribution in [1.82, 2.24) is 0 Å². The van der Waals surface area contributed by atoms with Gasteiger partial charge in [0.1, 0.15) is 0 Å². The van der Waals surface area contributed by atoms with E-state index in [0.717, 1.165) is 49.0 Å². The summed E-state index contributed by atoms with van der Waals surface area (Å²) in [6.45, 7) is 0. The molecule has 0 nitrogen and oxygen atoms in total. The average molecular weight is 408 g/mol. The van der Waals surface area contributed by atoms with E-state index in [1.807, 2.05) is 0 Å². The Kier molecular flexibility index (Phi) is 9.10. The Bertz CT molecular complexity index is 557. The standard InChI is InChI=1S/3C6H5.Ba.K/c3*1-2-4-6-5-3-1;;/h3*1-5H;;. The van der Waals surface area contributed by atoms with Crippen LogP contribution in [0, 0.1) is 0 Å². The molecule has 0 aliphatic heterocycles. The van der Waals surface area contributed by atoms with Crippen LogP contribution >= 0.6 is 0 Å². The summed E-state index contributed by atoms with van der Waals surface area (Å²) in [4.78, 5) is 0. The normalized spacial score (nSPS) is 9.10. The second-order valence-electron chi connectivity index (χ2n) is 4.80. The van der Waals surface area contributed by atoms with E-state index < -0.39 is 44.2 Å².